The van der Waals surface area contributed by atoms with Crippen LogP contribution in [0.1, 0.15) is 33.6 Å². The first-order valence-electron chi connectivity index (χ1n) is 4.41. The predicted molar refractivity (Wildman–Crippen MR) is 48.5 cm³/mol. The Labute approximate surface area is 70.1 Å². The molecule has 0 saturated heterocycles. The van der Waals surface area contributed by atoms with Crippen molar-refractivity contribution in [1.29, 1.82) is 0 Å². The van der Waals surface area contributed by atoms with E-state index in [0.717, 1.165) is 12.8 Å². The minimum absolute atomic E-state index is 0.228. The van der Waals surface area contributed by atoms with Crippen molar-refractivity contribution < 1.29 is 4.74 Å². The molecule has 3 unspecified atom stereocenters. The summed E-state index contributed by atoms with van der Waals surface area (Å²) in [5.74, 6) is 0.458. The highest BCUT2D eigenvalue weighted by Gasteiger charge is 2.18. The topological polar surface area (TPSA) is 35.2 Å². The molecular weight excluding hydrogens is 138 g/mol. The largest absolute Gasteiger partial charge is 0.381 e. The van der Waals surface area contributed by atoms with Gasteiger partial charge in [0.1, 0.15) is 0 Å². The molecule has 0 spiro atoms. The molecule has 2 heteroatoms. The molecule has 2 N–H and O–H groups in total. The first-order chi connectivity index (χ1) is 5.13. The van der Waals surface area contributed by atoms with Crippen LogP contribution in [-0.4, -0.2) is 19.3 Å². The molecule has 0 radical (unpaired) electrons. The van der Waals surface area contributed by atoms with Gasteiger partial charge in [-0.15, -0.1) is 0 Å². The summed E-state index contributed by atoms with van der Waals surface area (Å²) in [6, 6.07) is 0.228. The summed E-state index contributed by atoms with van der Waals surface area (Å²) in [7, 11) is 1.76. The van der Waals surface area contributed by atoms with E-state index in [-0.39, 0.29) is 6.04 Å². The summed E-state index contributed by atoms with van der Waals surface area (Å²) in [5, 5.41) is 0. The van der Waals surface area contributed by atoms with Crippen LogP contribution in [0.2, 0.25) is 0 Å². The molecule has 0 saturated carbocycles. The summed E-state index contributed by atoms with van der Waals surface area (Å²) in [4.78, 5) is 0. The van der Waals surface area contributed by atoms with Crippen LogP contribution in [0.4, 0.5) is 0 Å². The minimum atomic E-state index is 0.228. The average Bonchev–Trinajstić information content (AvgIpc) is 1.98. The molecule has 2 nitrogen and oxygen atoms in total. The quantitative estimate of drug-likeness (QED) is 0.663. The maximum absolute atomic E-state index is 5.76. The second-order valence-corrected chi connectivity index (χ2v) is 3.28. The standard InChI is InChI=1S/C9H21NO/c1-5-6-9(11-4)7(2)8(3)10/h7-9H,5-6,10H2,1-4H3. The molecule has 0 bridgehead atoms. The Bertz CT molecular complexity index is 93.6. The van der Waals surface area contributed by atoms with E-state index in [2.05, 4.69) is 13.8 Å². The Morgan fingerprint density at radius 3 is 2.18 bits per heavy atom. The van der Waals surface area contributed by atoms with Crippen molar-refractivity contribution in [3.8, 4) is 0 Å². The fraction of sp³-hybridized carbons (Fsp3) is 1.00. The summed E-state index contributed by atoms with van der Waals surface area (Å²) in [5.41, 5.74) is 5.76. The molecule has 0 aliphatic rings. The van der Waals surface area contributed by atoms with E-state index < -0.39 is 0 Å². The van der Waals surface area contributed by atoms with Gasteiger partial charge in [0.25, 0.3) is 0 Å². The molecular formula is C9H21NO. The highest BCUT2D eigenvalue weighted by Crippen LogP contribution is 2.14. The molecule has 3 atom stereocenters. The van der Waals surface area contributed by atoms with E-state index in [1.165, 1.54) is 0 Å². The Balaban J connectivity index is 3.81. The number of nitrogens with two attached hydrogens (primary N) is 1. The number of rotatable bonds is 5. The molecule has 11 heavy (non-hydrogen) atoms. The Hall–Kier alpha value is -0.0800. The Morgan fingerprint density at radius 1 is 1.36 bits per heavy atom. The molecule has 0 aromatic heterocycles. The summed E-state index contributed by atoms with van der Waals surface area (Å²) < 4.78 is 5.33. The monoisotopic (exact) mass is 159 g/mol. The third-order valence-electron chi connectivity index (χ3n) is 2.29. The average molecular weight is 159 g/mol. The summed E-state index contributed by atoms with van der Waals surface area (Å²) >= 11 is 0. The van der Waals surface area contributed by atoms with Crippen LogP contribution in [0, 0.1) is 5.92 Å². The van der Waals surface area contributed by atoms with Crippen molar-refractivity contribution in [2.75, 3.05) is 7.11 Å². The molecule has 0 aromatic carbocycles. The van der Waals surface area contributed by atoms with Gasteiger partial charge in [0.2, 0.25) is 0 Å². The van der Waals surface area contributed by atoms with Gasteiger partial charge in [0, 0.05) is 13.2 Å². The molecule has 0 rings (SSSR count). The summed E-state index contributed by atoms with van der Waals surface area (Å²) in [6.07, 6.45) is 2.61. The van der Waals surface area contributed by atoms with Gasteiger partial charge < -0.3 is 10.5 Å². The van der Waals surface area contributed by atoms with E-state index in [4.69, 9.17) is 10.5 Å². The van der Waals surface area contributed by atoms with Crippen molar-refractivity contribution in [2.45, 2.75) is 45.8 Å². The first-order valence-corrected chi connectivity index (χ1v) is 4.41. The molecule has 68 valence electrons. The number of ether oxygens (including phenoxy) is 1. The maximum Gasteiger partial charge on any atom is 0.0611 e. The van der Waals surface area contributed by atoms with E-state index >= 15 is 0 Å². The van der Waals surface area contributed by atoms with Gasteiger partial charge >= 0.3 is 0 Å². The highest BCUT2D eigenvalue weighted by atomic mass is 16.5. The normalized spacial score (nSPS) is 19.4. The second-order valence-electron chi connectivity index (χ2n) is 3.28. The van der Waals surface area contributed by atoms with Crippen LogP contribution >= 0.6 is 0 Å². The van der Waals surface area contributed by atoms with Gasteiger partial charge in [-0.25, -0.2) is 0 Å². The van der Waals surface area contributed by atoms with E-state index in [0.29, 0.717) is 12.0 Å². The van der Waals surface area contributed by atoms with E-state index in [9.17, 15) is 0 Å². The Morgan fingerprint density at radius 2 is 1.91 bits per heavy atom. The second kappa shape index (κ2) is 5.56. The zero-order valence-electron chi connectivity index (χ0n) is 8.13. The molecule has 0 amide bonds. The fourth-order valence-electron chi connectivity index (χ4n) is 1.22. The maximum atomic E-state index is 5.76. The van der Waals surface area contributed by atoms with Crippen LogP contribution in [-0.2, 0) is 4.74 Å². The highest BCUT2D eigenvalue weighted by molar-refractivity contribution is 4.72. The predicted octanol–water partition coefficient (Wildman–Crippen LogP) is 1.78. The molecule has 0 aliphatic heterocycles. The lowest BCUT2D eigenvalue weighted by atomic mass is 9.94. The van der Waals surface area contributed by atoms with Gasteiger partial charge in [-0.1, -0.05) is 20.3 Å². The van der Waals surface area contributed by atoms with Crippen molar-refractivity contribution in [2.24, 2.45) is 11.7 Å². The third kappa shape index (κ3) is 3.73. The van der Waals surface area contributed by atoms with Gasteiger partial charge in [0.15, 0.2) is 0 Å². The van der Waals surface area contributed by atoms with Crippen LogP contribution in [0.25, 0.3) is 0 Å². The molecule has 0 aliphatic carbocycles. The zero-order chi connectivity index (χ0) is 8.85. The molecule has 0 fully saturated rings. The summed E-state index contributed by atoms with van der Waals surface area (Å²) in [6.45, 7) is 6.35. The van der Waals surface area contributed by atoms with Crippen molar-refractivity contribution in [3.05, 3.63) is 0 Å². The van der Waals surface area contributed by atoms with Gasteiger partial charge in [-0.05, 0) is 19.3 Å². The molecule has 0 aromatic rings. The third-order valence-corrected chi connectivity index (χ3v) is 2.29. The van der Waals surface area contributed by atoms with Crippen LogP contribution in [0.15, 0.2) is 0 Å². The van der Waals surface area contributed by atoms with Crippen LogP contribution in [0.5, 0.6) is 0 Å². The van der Waals surface area contributed by atoms with Crippen LogP contribution < -0.4 is 5.73 Å². The minimum Gasteiger partial charge on any atom is -0.381 e. The lowest BCUT2D eigenvalue weighted by Gasteiger charge is -2.24. The Kier molecular flexibility index (Phi) is 5.51. The molecule has 0 heterocycles. The number of hydrogen-bond acceptors (Lipinski definition) is 2. The zero-order valence-corrected chi connectivity index (χ0v) is 8.13. The van der Waals surface area contributed by atoms with E-state index in [1.54, 1.807) is 7.11 Å². The van der Waals surface area contributed by atoms with Gasteiger partial charge in [-0.3, -0.25) is 0 Å². The van der Waals surface area contributed by atoms with Crippen molar-refractivity contribution in [3.63, 3.8) is 0 Å². The number of methoxy groups -OCH3 is 1. The number of hydrogen-bond donors (Lipinski definition) is 1. The lowest BCUT2D eigenvalue weighted by Crippen LogP contribution is -2.34. The first kappa shape index (κ1) is 10.9. The van der Waals surface area contributed by atoms with Gasteiger partial charge in [-0.2, -0.15) is 0 Å². The van der Waals surface area contributed by atoms with Crippen molar-refractivity contribution in [1.82, 2.24) is 0 Å². The fourth-order valence-corrected chi connectivity index (χ4v) is 1.22. The van der Waals surface area contributed by atoms with Gasteiger partial charge in [0.05, 0.1) is 6.10 Å². The van der Waals surface area contributed by atoms with Crippen molar-refractivity contribution >= 4 is 0 Å². The van der Waals surface area contributed by atoms with E-state index in [1.807, 2.05) is 6.92 Å². The smallest absolute Gasteiger partial charge is 0.0611 e. The lowest BCUT2D eigenvalue weighted by molar-refractivity contribution is 0.0438. The SMILES string of the molecule is CCCC(OC)C(C)C(C)N. The van der Waals surface area contributed by atoms with Crippen LogP contribution in [0.3, 0.4) is 0 Å².